The van der Waals surface area contributed by atoms with Crippen LogP contribution in [0.15, 0.2) is 60.7 Å². The van der Waals surface area contributed by atoms with E-state index >= 15 is 0 Å². The van der Waals surface area contributed by atoms with Crippen LogP contribution in [0.4, 0.5) is 4.79 Å². The van der Waals surface area contributed by atoms with Gasteiger partial charge in [0.25, 0.3) is 0 Å². The number of rotatable bonds is 34. The SMILES string of the molecule is O=C(NCCOCCOCCOCCOCCOCCOCCOCCOCCOCCOCc1ccccc1)OCc1ccccc1. The minimum atomic E-state index is -0.468. The van der Waals surface area contributed by atoms with Crippen molar-refractivity contribution < 1.29 is 56.9 Å². The van der Waals surface area contributed by atoms with E-state index < -0.39 is 6.09 Å². The summed E-state index contributed by atoms with van der Waals surface area (Å²) in [5.74, 6) is 0. The molecule has 2 aromatic rings. The number of amides is 1. The van der Waals surface area contributed by atoms with Crippen LogP contribution in [0, 0.1) is 0 Å². The number of hydrogen-bond acceptors (Lipinski definition) is 12. The highest BCUT2D eigenvalue weighted by atomic mass is 16.6. The minimum absolute atomic E-state index is 0.238. The molecule has 1 N–H and O–H groups in total. The number of carbonyl (C=O) groups is 1. The summed E-state index contributed by atoms with van der Waals surface area (Å²) in [6.45, 7) is 10.6. The van der Waals surface area contributed by atoms with E-state index in [9.17, 15) is 4.79 Å². The third kappa shape index (κ3) is 27.3. The van der Waals surface area contributed by atoms with Gasteiger partial charge in [0, 0.05) is 6.54 Å². The van der Waals surface area contributed by atoms with Gasteiger partial charge >= 0.3 is 6.09 Å². The number of benzene rings is 2. The molecule has 0 unspecified atom stereocenters. The Kier molecular flexibility index (Phi) is 28.4. The van der Waals surface area contributed by atoms with Gasteiger partial charge in [-0.25, -0.2) is 4.79 Å². The molecule has 13 heteroatoms. The van der Waals surface area contributed by atoms with Crippen LogP contribution in [-0.4, -0.2) is 138 Å². The molecule has 0 aromatic heterocycles. The summed E-state index contributed by atoms with van der Waals surface area (Å²) >= 11 is 0. The van der Waals surface area contributed by atoms with Crippen molar-refractivity contribution in [2.75, 3.05) is 132 Å². The van der Waals surface area contributed by atoms with Gasteiger partial charge in [0.05, 0.1) is 132 Å². The molecule has 0 saturated heterocycles. The molecule has 0 atom stereocenters. The van der Waals surface area contributed by atoms with Crippen molar-refractivity contribution in [2.24, 2.45) is 0 Å². The highest BCUT2D eigenvalue weighted by molar-refractivity contribution is 5.67. The highest BCUT2D eigenvalue weighted by Gasteiger charge is 2.02. The average Bonchev–Trinajstić information content (AvgIpc) is 3.12. The summed E-state index contributed by atoms with van der Waals surface area (Å²) in [5.41, 5.74) is 2.09. The van der Waals surface area contributed by atoms with Crippen molar-refractivity contribution in [1.29, 1.82) is 0 Å². The van der Waals surface area contributed by atoms with Crippen molar-refractivity contribution in [3.63, 3.8) is 0 Å². The minimum Gasteiger partial charge on any atom is -0.445 e. The van der Waals surface area contributed by atoms with Gasteiger partial charge in [0.15, 0.2) is 0 Å². The Morgan fingerprint density at radius 3 is 1.02 bits per heavy atom. The third-order valence-electron chi connectivity index (χ3n) is 6.19. The van der Waals surface area contributed by atoms with Crippen LogP contribution in [0.25, 0.3) is 0 Å². The van der Waals surface area contributed by atoms with Crippen LogP contribution in [0.3, 0.4) is 0 Å². The van der Waals surface area contributed by atoms with Crippen molar-refractivity contribution in [3.05, 3.63) is 71.8 Å². The predicted molar refractivity (Wildman–Crippen MR) is 178 cm³/mol. The lowest BCUT2D eigenvalue weighted by atomic mass is 10.2. The first-order valence-corrected chi connectivity index (χ1v) is 16.6. The van der Waals surface area contributed by atoms with Gasteiger partial charge in [0.1, 0.15) is 6.61 Å². The fourth-order valence-corrected chi connectivity index (χ4v) is 3.74. The fourth-order valence-electron chi connectivity index (χ4n) is 3.74. The molecule has 0 aliphatic heterocycles. The number of carbonyl (C=O) groups excluding carboxylic acids is 1. The molecule has 0 aliphatic rings. The number of alkyl carbamates (subject to hydrolysis) is 1. The summed E-state index contributed by atoms with van der Waals surface area (Å²) in [6, 6.07) is 19.6. The summed E-state index contributed by atoms with van der Waals surface area (Å²) in [4.78, 5) is 11.6. The molecule has 0 saturated carbocycles. The number of ether oxygens (including phenoxy) is 11. The largest absolute Gasteiger partial charge is 0.445 e. The standard InChI is InChI=1S/C35H55NO12/c37-35(48-32-34-9-5-2-6-10-34)36-11-12-38-13-14-39-15-16-40-17-18-41-19-20-42-21-22-43-23-24-44-25-26-45-27-28-46-29-30-47-31-33-7-3-1-4-8-33/h1-10H,11-32H2,(H,36,37). The van der Waals surface area contributed by atoms with E-state index in [2.05, 4.69) is 5.32 Å². The Morgan fingerprint density at radius 2 is 0.667 bits per heavy atom. The monoisotopic (exact) mass is 681 g/mol. The van der Waals surface area contributed by atoms with Gasteiger partial charge in [-0.15, -0.1) is 0 Å². The van der Waals surface area contributed by atoms with Crippen molar-refractivity contribution in [2.45, 2.75) is 13.2 Å². The van der Waals surface area contributed by atoms with Crippen LogP contribution in [-0.2, 0) is 65.3 Å². The van der Waals surface area contributed by atoms with E-state index in [1.807, 2.05) is 60.7 Å². The molecular formula is C35H55NO12. The molecule has 1 amide bonds. The average molecular weight is 682 g/mol. The first kappa shape index (κ1) is 41.5. The molecule has 0 aliphatic carbocycles. The van der Waals surface area contributed by atoms with Crippen LogP contribution >= 0.6 is 0 Å². The first-order valence-electron chi connectivity index (χ1n) is 16.6. The Labute approximate surface area is 285 Å². The lowest BCUT2D eigenvalue weighted by Crippen LogP contribution is -2.28. The molecule has 48 heavy (non-hydrogen) atoms. The van der Waals surface area contributed by atoms with E-state index in [1.165, 1.54) is 0 Å². The second-order valence-corrected chi connectivity index (χ2v) is 10.0. The van der Waals surface area contributed by atoms with Crippen molar-refractivity contribution in [3.8, 4) is 0 Å². The second kappa shape index (κ2) is 32.8. The Morgan fingerprint density at radius 1 is 0.375 bits per heavy atom. The highest BCUT2D eigenvalue weighted by Crippen LogP contribution is 2.01. The summed E-state index contributed by atoms with van der Waals surface area (Å²) in [6.07, 6.45) is -0.468. The van der Waals surface area contributed by atoms with Crippen LogP contribution in [0.2, 0.25) is 0 Å². The topological polar surface area (TPSA) is 131 Å². The molecule has 2 aromatic carbocycles. The summed E-state index contributed by atoms with van der Waals surface area (Å²) < 4.78 is 59.9. The number of nitrogens with one attached hydrogen (secondary N) is 1. The van der Waals surface area contributed by atoms with Crippen LogP contribution < -0.4 is 5.32 Å². The maximum Gasteiger partial charge on any atom is 0.407 e. The lowest BCUT2D eigenvalue weighted by Gasteiger charge is -2.09. The third-order valence-corrected chi connectivity index (χ3v) is 6.19. The van der Waals surface area contributed by atoms with Crippen LogP contribution in [0.1, 0.15) is 11.1 Å². The molecule has 0 radical (unpaired) electrons. The molecule has 0 heterocycles. The number of hydrogen-bond donors (Lipinski definition) is 1. The Bertz CT molecular complexity index is 957. The quantitative estimate of drug-likeness (QED) is 0.109. The Balaban J connectivity index is 1.15. The molecule has 0 spiro atoms. The first-order chi connectivity index (χ1) is 23.8. The van der Waals surface area contributed by atoms with E-state index in [0.29, 0.717) is 139 Å². The van der Waals surface area contributed by atoms with Crippen LogP contribution in [0.5, 0.6) is 0 Å². The van der Waals surface area contributed by atoms with E-state index in [-0.39, 0.29) is 6.61 Å². The molecule has 272 valence electrons. The van der Waals surface area contributed by atoms with E-state index in [1.54, 1.807) is 0 Å². The van der Waals surface area contributed by atoms with Crippen molar-refractivity contribution >= 4 is 6.09 Å². The smallest absolute Gasteiger partial charge is 0.407 e. The molecule has 2 rings (SSSR count). The zero-order valence-corrected chi connectivity index (χ0v) is 28.2. The molecular weight excluding hydrogens is 626 g/mol. The summed E-state index contributed by atoms with van der Waals surface area (Å²) in [7, 11) is 0. The van der Waals surface area contributed by atoms with Gasteiger partial charge in [-0.05, 0) is 11.1 Å². The van der Waals surface area contributed by atoms with E-state index in [4.69, 9.17) is 52.1 Å². The normalized spacial score (nSPS) is 11.2. The second-order valence-electron chi connectivity index (χ2n) is 10.0. The zero-order valence-electron chi connectivity index (χ0n) is 28.2. The van der Waals surface area contributed by atoms with Crippen molar-refractivity contribution in [1.82, 2.24) is 5.32 Å². The maximum atomic E-state index is 11.6. The fraction of sp³-hybridized carbons (Fsp3) is 0.629. The summed E-state index contributed by atoms with van der Waals surface area (Å²) in [5, 5.41) is 2.64. The van der Waals surface area contributed by atoms with Gasteiger partial charge in [-0.2, -0.15) is 0 Å². The Hall–Kier alpha value is -2.69. The van der Waals surface area contributed by atoms with Gasteiger partial charge < -0.3 is 57.4 Å². The molecule has 0 fully saturated rings. The molecule has 13 nitrogen and oxygen atoms in total. The van der Waals surface area contributed by atoms with E-state index in [0.717, 1.165) is 11.1 Å². The predicted octanol–water partition coefficient (Wildman–Crippen LogP) is 3.28. The molecule has 0 bridgehead atoms. The maximum absolute atomic E-state index is 11.6. The van der Waals surface area contributed by atoms with Gasteiger partial charge in [0.2, 0.25) is 0 Å². The lowest BCUT2D eigenvalue weighted by molar-refractivity contribution is -0.0266. The zero-order chi connectivity index (χ0) is 33.8. The van der Waals surface area contributed by atoms with Gasteiger partial charge in [-0.1, -0.05) is 60.7 Å². The van der Waals surface area contributed by atoms with Gasteiger partial charge in [-0.3, -0.25) is 0 Å².